The molecule has 1 amide bonds. The number of ether oxygens (including phenoxy) is 1. The van der Waals surface area contributed by atoms with E-state index in [1.807, 2.05) is 29.6 Å². The highest BCUT2D eigenvalue weighted by Crippen LogP contribution is 2.20. The number of thiazole rings is 1. The minimum atomic E-state index is -0.122. The molecule has 0 spiro atoms. The zero-order valence-electron chi connectivity index (χ0n) is 13.7. The van der Waals surface area contributed by atoms with Crippen molar-refractivity contribution in [1.29, 1.82) is 0 Å². The Balaban J connectivity index is 1.60. The molecule has 1 fully saturated rings. The second-order valence-electron chi connectivity index (χ2n) is 6.06. The molecule has 2 aromatic rings. The molecule has 1 saturated heterocycles. The molecule has 128 valence electrons. The summed E-state index contributed by atoms with van der Waals surface area (Å²) in [6, 6.07) is 7.51. The standard InChI is InChI=1S/C17H20IN3O2S/c1-11-7-21(8-12(2)23-11)9-15-10-24-17(19-15)20-16(22)13-4-3-5-14(18)6-13/h3-6,10-12H,7-9H2,1-2H3,(H,19,20,22). The van der Waals surface area contributed by atoms with Crippen molar-refractivity contribution in [2.24, 2.45) is 0 Å². The first-order valence-corrected chi connectivity index (χ1v) is 9.84. The quantitative estimate of drug-likeness (QED) is 0.713. The minimum Gasteiger partial charge on any atom is -0.373 e. The van der Waals surface area contributed by atoms with Crippen LogP contribution in [0, 0.1) is 3.57 Å². The maximum atomic E-state index is 12.3. The predicted molar refractivity (Wildman–Crippen MR) is 105 cm³/mol. The van der Waals surface area contributed by atoms with E-state index in [1.54, 1.807) is 0 Å². The van der Waals surface area contributed by atoms with Crippen molar-refractivity contribution in [1.82, 2.24) is 9.88 Å². The number of anilines is 1. The van der Waals surface area contributed by atoms with Crippen molar-refractivity contribution in [3.63, 3.8) is 0 Å². The van der Waals surface area contributed by atoms with Gasteiger partial charge >= 0.3 is 0 Å². The summed E-state index contributed by atoms with van der Waals surface area (Å²) in [4.78, 5) is 19.2. The van der Waals surface area contributed by atoms with E-state index in [4.69, 9.17) is 4.74 Å². The van der Waals surface area contributed by atoms with Crippen LogP contribution < -0.4 is 5.32 Å². The van der Waals surface area contributed by atoms with E-state index < -0.39 is 0 Å². The van der Waals surface area contributed by atoms with Crippen LogP contribution in [0.4, 0.5) is 5.13 Å². The molecule has 0 radical (unpaired) electrons. The molecule has 2 unspecified atom stereocenters. The van der Waals surface area contributed by atoms with Gasteiger partial charge in [-0.1, -0.05) is 6.07 Å². The minimum absolute atomic E-state index is 0.122. The number of morpholine rings is 1. The molecule has 7 heteroatoms. The molecular weight excluding hydrogens is 437 g/mol. The summed E-state index contributed by atoms with van der Waals surface area (Å²) in [5.74, 6) is -0.122. The Morgan fingerprint density at radius 1 is 1.42 bits per heavy atom. The van der Waals surface area contributed by atoms with Crippen LogP contribution in [0.5, 0.6) is 0 Å². The fourth-order valence-corrected chi connectivity index (χ4v) is 4.12. The number of halogens is 1. The number of carbonyl (C=O) groups excluding carboxylic acids is 1. The number of amides is 1. The highest BCUT2D eigenvalue weighted by Gasteiger charge is 2.22. The maximum absolute atomic E-state index is 12.3. The SMILES string of the molecule is CC1CN(Cc2csc(NC(=O)c3cccc(I)c3)n2)CC(C)O1. The highest BCUT2D eigenvalue weighted by molar-refractivity contribution is 14.1. The average Bonchev–Trinajstić information content (AvgIpc) is 2.93. The largest absolute Gasteiger partial charge is 0.373 e. The molecule has 2 atom stereocenters. The maximum Gasteiger partial charge on any atom is 0.257 e. The Morgan fingerprint density at radius 3 is 2.88 bits per heavy atom. The van der Waals surface area contributed by atoms with Crippen molar-refractivity contribution < 1.29 is 9.53 Å². The summed E-state index contributed by atoms with van der Waals surface area (Å²) in [5, 5.41) is 5.53. The van der Waals surface area contributed by atoms with Gasteiger partial charge in [0.05, 0.1) is 17.9 Å². The molecular formula is C17H20IN3O2S. The molecule has 24 heavy (non-hydrogen) atoms. The van der Waals surface area contributed by atoms with Crippen LogP contribution in [0.2, 0.25) is 0 Å². The van der Waals surface area contributed by atoms with Gasteiger partial charge in [-0.25, -0.2) is 4.98 Å². The average molecular weight is 457 g/mol. The molecule has 5 nitrogen and oxygen atoms in total. The van der Waals surface area contributed by atoms with Gasteiger partial charge < -0.3 is 4.74 Å². The summed E-state index contributed by atoms with van der Waals surface area (Å²) < 4.78 is 6.79. The Hall–Kier alpha value is -1.03. The zero-order chi connectivity index (χ0) is 17.1. The smallest absolute Gasteiger partial charge is 0.257 e. The van der Waals surface area contributed by atoms with Crippen molar-refractivity contribution in [2.45, 2.75) is 32.6 Å². The lowest BCUT2D eigenvalue weighted by atomic mass is 10.2. The van der Waals surface area contributed by atoms with Crippen LogP contribution in [0.3, 0.4) is 0 Å². The monoisotopic (exact) mass is 457 g/mol. The van der Waals surface area contributed by atoms with Crippen molar-refractivity contribution >= 4 is 45.0 Å². The zero-order valence-corrected chi connectivity index (χ0v) is 16.6. The molecule has 1 N–H and O–H groups in total. The van der Waals surface area contributed by atoms with Gasteiger partial charge in [0.2, 0.25) is 0 Å². The van der Waals surface area contributed by atoms with Gasteiger partial charge in [0.1, 0.15) is 0 Å². The lowest BCUT2D eigenvalue weighted by Gasteiger charge is -2.34. The summed E-state index contributed by atoms with van der Waals surface area (Å²) >= 11 is 3.66. The molecule has 0 saturated carbocycles. The lowest BCUT2D eigenvalue weighted by molar-refractivity contribution is -0.0707. The van der Waals surface area contributed by atoms with Gasteiger partial charge in [-0.3, -0.25) is 15.0 Å². The molecule has 0 aliphatic carbocycles. The third kappa shape index (κ3) is 4.75. The lowest BCUT2D eigenvalue weighted by Crippen LogP contribution is -2.44. The van der Waals surface area contributed by atoms with Crippen LogP contribution in [-0.2, 0) is 11.3 Å². The summed E-state index contributed by atoms with van der Waals surface area (Å²) in [5.41, 5.74) is 1.63. The normalized spacial score (nSPS) is 21.6. The fraction of sp³-hybridized carbons (Fsp3) is 0.412. The number of rotatable bonds is 4. The Kier molecular flexibility index (Phi) is 5.85. The summed E-state index contributed by atoms with van der Waals surface area (Å²) in [7, 11) is 0. The third-order valence-corrected chi connectivity index (χ3v) is 5.22. The van der Waals surface area contributed by atoms with E-state index in [9.17, 15) is 4.79 Å². The van der Waals surface area contributed by atoms with Gasteiger partial charge in [-0.15, -0.1) is 11.3 Å². The van der Waals surface area contributed by atoms with Gasteiger partial charge in [0.15, 0.2) is 5.13 Å². The Labute approximate surface area is 159 Å². The molecule has 2 heterocycles. The first-order chi connectivity index (χ1) is 11.5. The van der Waals surface area contributed by atoms with Crippen LogP contribution in [0.25, 0.3) is 0 Å². The molecule has 3 rings (SSSR count). The molecule has 1 aromatic heterocycles. The van der Waals surface area contributed by atoms with E-state index in [0.29, 0.717) is 10.7 Å². The summed E-state index contributed by atoms with van der Waals surface area (Å²) in [6.45, 7) is 6.79. The van der Waals surface area contributed by atoms with Crippen molar-refractivity contribution in [2.75, 3.05) is 18.4 Å². The second-order valence-corrected chi connectivity index (χ2v) is 8.16. The predicted octanol–water partition coefficient (Wildman–Crippen LogP) is 3.61. The molecule has 0 bridgehead atoms. The van der Waals surface area contributed by atoms with Crippen LogP contribution >= 0.6 is 33.9 Å². The van der Waals surface area contributed by atoms with Crippen molar-refractivity contribution in [3.05, 3.63) is 44.5 Å². The Morgan fingerprint density at radius 2 is 2.17 bits per heavy atom. The van der Waals surface area contributed by atoms with Crippen LogP contribution in [0.1, 0.15) is 29.9 Å². The topological polar surface area (TPSA) is 54.5 Å². The van der Waals surface area contributed by atoms with Gasteiger partial charge in [-0.05, 0) is 54.6 Å². The highest BCUT2D eigenvalue weighted by atomic mass is 127. The summed E-state index contributed by atoms with van der Waals surface area (Å²) in [6.07, 6.45) is 0.485. The molecule has 1 aromatic carbocycles. The van der Waals surface area contributed by atoms with E-state index in [2.05, 4.69) is 51.6 Å². The van der Waals surface area contributed by atoms with E-state index >= 15 is 0 Å². The number of nitrogens with zero attached hydrogens (tertiary/aromatic N) is 2. The number of nitrogens with one attached hydrogen (secondary N) is 1. The number of hydrogen-bond acceptors (Lipinski definition) is 5. The van der Waals surface area contributed by atoms with Crippen molar-refractivity contribution in [3.8, 4) is 0 Å². The third-order valence-electron chi connectivity index (χ3n) is 3.74. The van der Waals surface area contributed by atoms with E-state index in [-0.39, 0.29) is 18.1 Å². The van der Waals surface area contributed by atoms with Gasteiger partial charge in [0, 0.05) is 34.1 Å². The molecule has 1 aliphatic rings. The fourth-order valence-electron chi connectivity index (χ4n) is 2.88. The molecule has 1 aliphatic heterocycles. The number of aromatic nitrogens is 1. The van der Waals surface area contributed by atoms with Gasteiger partial charge in [-0.2, -0.15) is 0 Å². The first kappa shape index (κ1) is 17.8. The Bertz CT molecular complexity index is 711. The number of carbonyl (C=O) groups is 1. The van der Waals surface area contributed by atoms with Crippen LogP contribution in [-0.4, -0.2) is 41.1 Å². The second kappa shape index (κ2) is 7.90. The number of benzene rings is 1. The van der Waals surface area contributed by atoms with E-state index in [1.165, 1.54) is 11.3 Å². The van der Waals surface area contributed by atoms with Crippen LogP contribution in [0.15, 0.2) is 29.6 Å². The number of hydrogen-bond donors (Lipinski definition) is 1. The van der Waals surface area contributed by atoms with E-state index in [0.717, 1.165) is 28.9 Å². The first-order valence-electron chi connectivity index (χ1n) is 7.89. The van der Waals surface area contributed by atoms with Gasteiger partial charge in [0.25, 0.3) is 5.91 Å².